The molecule has 28 heavy (non-hydrogen) atoms. The fraction of sp³-hybridized carbons (Fsp3) is 0.381. The summed E-state index contributed by atoms with van der Waals surface area (Å²) in [5.41, 5.74) is 0.657. The van der Waals surface area contributed by atoms with Crippen molar-refractivity contribution < 1.29 is 13.2 Å². The molecule has 0 heterocycles. The van der Waals surface area contributed by atoms with E-state index < -0.39 is 10.0 Å². The molecule has 0 spiro atoms. The van der Waals surface area contributed by atoms with Crippen LogP contribution in [0.5, 0.6) is 0 Å². The first-order valence-electron chi connectivity index (χ1n) is 9.61. The van der Waals surface area contributed by atoms with Crippen LogP contribution < -0.4 is 4.72 Å². The Morgan fingerprint density at radius 2 is 1.71 bits per heavy atom. The summed E-state index contributed by atoms with van der Waals surface area (Å²) in [4.78, 5) is 15.2. The molecule has 0 atom stereocenters. The highest BCUT2D eigenvalue weighted by atomic mass is 35.5. The van der Waals surface area contributed by atoms with E-state index >= 15 is 0 Å². The Bertz CT molecular complexity index is 923. The average molecular weight is 421 g/mol. The molecule has 1 amide bonds. The summed E-state index contributed by atoms with van der Waals surface area (Å²) in [6, 6.07) is 12.9. The van der Waals surface area contributed by atoms with Gasteiger partial charge in [-0.25, -0.2) is 8.42 Å². The van der Waals surface area contributed by atoms with Crippen molar-refractivity contribution in [2.75, 3.05) is 11.3 Å². The summed E-state index contributed by atoms with van der Waals surface area (Å²) in [5.74, 6) is -0.135. The van der Waals surface area contributed by atoms with Crippen molar-refractivity contribution >= 4 is 33.2 Å². The summed E-state index contributed by atoms with van der Waals surface area (Å²) in [5, 5.41) is 0.459. The van der Waals surface area contributed by atoms with Gasteiger partial charge in [0.1, 0.15) is 0 Å². The lowest BCUT2D eigenvalue weighted by Gasteiger charge is -2.34. The number of benzene rings is 2. The minimum absolute atomic E-state index is 0.0961. The number of para-hydroxylation sites is 1. The number of rotatable bonds is 6. The van der Waals surface area contributed by atoms with Crippen molar-refractivity contribution in [1.29, 1.82) is 0 Å². The second kappa shape index (κ2) is 8.97. The van der Waals surface area contributed by atoms with Gasteiger partial charge in [-0.15, -0.1) is 0 Å². The zero-order chi connectivity index (χ0) is 20.1. The van der Waals surface area contributed by atoms with Crippen molar-refractivity contribution in [1.82, 2.24) is 4.90 Å². The molecule has 2 aromatic rings. The van der Waals surface area contributed by atoms with Gasteiger partial charge in [0.25, 0.3) is 15.9 Å². The molecule has 0 unspecified atom stereocenters. The van der Waals surface area contributed by atoms with Crippen LogP contribution in [0.1, 0.15) is 49.4 Å². The molecule has 0 radical (unpaired) electrons. The third-order valence-electron chi connectivity index (χ3n) is 5.14. The van der Waals surface area contributed by atoms with Crippen LogP contribution in [0, 0.1) is 0 Å². The van der Waals surface area contributed by atoms with Gasteiger partial charge in [-0.1, -0.05) is 43.0 Å². The average Bonchev–Trinajstić information content (AvgIpc) is 2.70. The van der Waals surface area contributed by atoms with Gasteiger partial charge in [-0.2, -0.15) is 0 Å². The molecule has 1 aliphatic rings. The van der Waals surface area contributed by atoms with Gasteiger partial charge >= 0.3 is 0 Å². The number of amides is 1. The standard InChI is InChI=1S/C21H25ClN2O3S/c1-2-24(17-8-4-3-5-9-17)21(25)19-10-6-7-11-20(19)23-28(26,27)18-14-12-16(22)13-15-18/h6-7,10-15,17,23H,2-5,8-9H2,1H3. The molecule has 7 heteroatoms. The van der Waals surface area contributed by atoms with E-state index in [1.54, 1.807) is 24.3 Å². The van der Waals surface area contributed by atoms with Crippen LogP contribution in [0.25, 0.3) is 0 Å². The summed E-state index contributed by atoms with van der Waals surface area (Å²) >= 11 is 5.85. The van der Waals surface area contributed by atoms with E-state index in [1.165, 1.54) is 30.7 Å². The normalized spacial score (nSPS) is 15.2. The topological polar surface area (TPSA) is 66.5 Å². The van der Waals surface area contributed by atoms with Crippen LogP contribution in [0.15, 0.2) is 53.4 Å². The Morgan fingerprint density at radius 3 is 2.36 bits per heavy atom. The van der Waals surface area contributed by atoms with Gasteiger partial charge in [-0.05, 0) is 56.2 Å². The highest BCUT2D eigenvalue weighted by Gasteiger charge is 2.27. The van der Waals surface area contributed by atoms with Crippen molar-refractivity contribution in [2.24, 2.45) is 0 Å². The highest BCUT2D eigenvalue weighted by Crippen LogP contribution is 2.27. The summed E-state index contributed by atoms with van der Waals surface area (Å²) in [7, 11) is -3.82. The van der Waals surface area contributed by atoms with Crippen molar-refractivity contribution in [3.63, 3.8) is 0 Å². The van der Waals surface area contributed by atoms with Crippen LogP contribution in [-0.4, -0.2) is 31.8 Å². The lowest BCUT2D eigenvalue weighted by atomic mass is 9.93. The first-order chi connectivity index (χ1) is 13.4. The smallest absolute Gasteiger partial charge is 0.261 e. The van der Waals surface area contributed by atoms with Crippen molar-refractivity contribution in [3.8, 4) is 0 Å². The van der Waals surface area contributed by atoms with E-state index in [2.05, 4.69) is 4.72 Å². The summed E-state index contributed by atoms with van der Waals surface area (Å²) in [6.07, 6.45) is 5.45. The van der Waals surface area contributed by atoms with Crippen LogP contribution in [-0.2, 0) is 10.0 Å². The summed E-state index contributed by atoms with van der Waals surface area (Å²) < 4.78 is 28.1. The molecule has 0 bridgehead atoms. The predicted molar refractivity (Wildman–Crippen MR) is 112 cm³/mol. The lowest BCUT2D eigenvalue weighted by Crippen LogP contribution is -2.41. The molecule has 150 valence electrons. The SMILES string of the molecule is CCN(C(=O)c1ccccc1NS(=O)(=O)c1ccc(Cl)cc1)C1CCCCC1. The minimum Gasteiger partial charge on any atom is -0.336 e. The van der Waals surface area contributed by atoms with E-state index in [9.17, 15) is 13.2 Å². The Hall–Kier alpha value is -2.05. The van der Waals surface area contributed by atoms with E-state index in [0.717, 1.165) is 25.7 Å². The molecule has 5 nitrogen and oxygen atoms in total. The number of hydrogen-bond donors (Lipinski definition) is 1. The maximum absolute atomic E-state index is 13.2. The number of anilines is 1. The third-order valence-corrected chi connectivity index (χ3v) is 6.78. The molecule has 2 aromatic carbocycles. The van der Waals surface area contributed by atoms with E-state index in [4.69, 9.17) is 11.6 Å². The molecule has 1 aliphatic carbocycles. The second-order valence-electron chi connectivity index (χ2n) is 6.99. The quantitative estimate of drug-likeness (QED) is 0.720. The molecular weight excluding hydrogens is 396 g/mol. The number of sulfonamides is 1. The number of carbonyl (C=O) groups is 1. The molecule has 1 fully saturated rings. The maximum Gasteiger partial charge on any atom is 0.261 e. The van der Waals surface area contributed by atoms with Crippen molar-refractivity contribution in [3.05, 3.63) is 59.1 Å². The van der Waals surface area contributed by atoms with Gasteiger partial charge in [0.05, 0.1) is 16.1 Å². The first kappa shape index (κ1) is 20.7. The van der Waals surface area contributed by atoms with Crippen molar-refractivity contribution in [2.45, 2.75) is 50.0 Å². The zero-order valence-electron chi connectivity index (χ0n) is 15.9. The molecular formula is C21H25ClN2O3S. The molecule has 1 N–H and O–H groups in total. The van der Waals surface area contributed by atoms with Gasteiger partial charge in [0.15, 0.2) is 0 Å². The number of carbonyl (C=O) groups excluding carboxylic acids is 1. The van der Waals surface area contributed by atoms with Crippen LogP contribution in [0.2, 0.25) is 5.02 Å². The number of halogens is 1. The number of nitrogens with zero attached hydrogens (tertiary/aromatic N) is 1. The summed E-state index contributed by atoms with van der Waals surface area (Å²) in [6.45, 7) is 2.56. The third kappa shape index (κ3) is 4.67. The van der Waals surface area contributed by atoms with Crippen LogP contribution >= 0.6 is 11.6 Å². The molecule has 0 aliphatic heterocycles. The predicted octanol–water partition coefficient (Wildman–Crippen LogP) is 4.94. The molecule has 3 rings (SSSR count). The number of nitrogens with one attached hydrogen (secondary N) is 1. The Morgan fingerprint density at radius 1 is 1.07 bits per heavy atom. The van der Waals surface area contributed by atoms with Gasteiger partial charge in [0, 0.05) is 17.6 Å². The lowest BCUT2D eigenvalue weighted by molar-refractivity contribution is 0.0649. The van der Waals surface area contributed by atoms with Crippen LogP contribution in [0.3, 0.4) is 0 Å². The molecule has 0 saturated heterocycles. The van der Waals surface area contributed by atoms with E-state index in [0.29, 0.717) is 17.1 Å². The van der Waals surface area contributed by atoms with Gasteiger partial charge in [-0.3, -0.25) is 9.52 Å². The zero-order valence-corrected chi connectivity index (χ0v) is 17.5. The maximum atomic E-state index is 13.2. The van der Waals surface area contributed by atoms with Crippen LogP contribution in [0.4, 0.5) is 5.69 Å². The second-order valence-corrected chi connectivity index (χ2v) is 9.11. The Balaban J connectivity index is 1.88. The fourth-order valence-corrected chi connectivity index (χ4v) is 4.90. The Kier molecular flexibility index (Phi) is 6.62. The first-order valence-corrected chi connectivity index (χ1v) is 11.5. The number of hydrogen-bond acceptors (Lipinski definition) is 3. The van der Waals surface area contributed by atoms with E-state index in [-0.39, 0.29) is 22.5 Å². The fourth-order valence-electron chi connectivity index (χ4n) is 3.69. The minimum atomic E-state index is -3.82. The largest absolute Gasteiger partial charge is 0.336 e. The van der Waals surface area contributed by atoms with Gasteiger partial charge < -0.3 is 4.90 Å². The Labute approximate surface area is 171 Å². The highest BCUT2D eigenvalue weighted by molar-refractivity contribution is 7.92. The van der Waals surface area contributed by atoms with E-state index in [1.807, 2.05) is 11.8 Å². The monoisotopic (exact) mass is 420 g/mol. The molecule has 1 saturated carbocycles. The van der Waals surface area contributed by atoms with Gasteiger partial charge in [0.2, 0.25) is 0 Å². The molecule has 0 aromatic heterocycles.